The number of rotatable bonds is 5. The van der Waals surface area contributed by atoms with E-state index in [4.69, 9.17) is 16.3 Å². The Labute approximate surface area is 130 Å². The topological polar surface area (TPSA) is 57.0 Å². The van der Waals surface area contributed by atoms with Gasteiger partial charge < -0.3 is 4.74 Å². The van der Waals surface area contributed by atoms with Gasteiger partial charge in [-0.1, -0.05) is 0 Å². The third kappa shape index (κ3) is 2.96. The molecule has 5 nitrogen and oxygen atoms in total. The highest BCUT2D eigenvalue weighted by molar-refractivity contribution is 9.10. The number of hydrogen-bond acceptors (Lipinski definition) is 4. The second kappa shape index (κ2) is 6.54. The Bertz CT molecular complexity index is 629. The van der Waals surface area contributed by atoms with Crippen LogP contribution in [0, 0.1) is 0 Å². The molecule has 2 heterocycles. The van der Waals surface area contributed by atoms with Crippen molar-refractivity contribution in [2.45, 2.75) is 26.3 Å². The van der Waals surface area contributed by atoms with E-state index >= 15 is 0 Å². The van der Waals surface area contributed by atoms with Crippen molar-refractivity contribution in [1.29, 1.82) is 0 Å². The fourth-order valence-electron chi connectivity index (χ4n) is 2.04. The molecule has 0 fully saturated rings. The maximum absolute atomic E-state index is 12.0. The Morgan fingerprint density at radius 1 is 1.60 bits per heavy atom. The summed E-state index contributed by atoms with van der Waals surface area (Å²) in [5.74, 6) is 0.869. The third-order valence-corrected chi connectivity index (χ3v) is 3.53. The van der Waals surface area contributed by atoms with Crippen LogP contribution in [0.15, 0.2) is 16.7 Å². The molecule has 0 spiro atoms. The SMILES string of the molecule is CCOC(=O)C(C)n1c(CCCl)nc2cc(Br)cnc21. The predicted molar refractivity (Wildman–Crippen MR) is 81.0 cm³/mol. The first-order valence-corrected chi connectivity index (χ1v) is 7.66. The van der Waals surface area contributed by atoms with E-state index in [9.17, 15) is 4.79 Å². The van der Waals surface area contributed by atoms with Gasteiger partial charge in [-0.2, -0.15) is 0 Å². The van der Waals surface area contributed by atoms with E-state index in [1.54, 1.807) is 24.6 Å². The molecule has 7 heteroatoms. The molecule has 20 heavy (non-hydrogen) atoms. The lowest BCUT2D eigenvalue weighted by Crippen LogP contribution is -2.21. The lowest BCUT2D eigenvalue weighted by atomic mass is 10.3. The number of aryl methyl sites for hydroxylation is 1. The van der Waals surface area contributed by atoms with Crippen molar-refractivity contribution in [1.82, 2.24) is 14.5 Å². The van der Waals surface area contributed by atoms with Gasteiger partial charge in [-0.15, -0.1) is 11.6 Å². The summed E-state index contributed by atoms with van der Waals surface area (Å²) >= 11 is 9.18. The summed E-state index contributed by atoms with van der Waals surface area (Å²) in [6.45, 7) is 3.91. The number of nitrogens with zero attached hydrogens (tertiary/aromatic N) is 3. The zero-order valence-corrected chi connectivity index (χ0v) is 13.6. The van der Waals surface area contributed by atoms with Crippen molar-refractivity contribution in [3.63, 3.8) is 0 Å². The molecule has 0 N–H and O–H groups in total. The standard InChI is InChI=1S/C13H15BrClN3O2/c1-3-20-13(19)8(2)18-11(4-5-15)17-10-6-9(14)7-16-12(10)18/h6-8H,3-5H2,1-2H3. The average molecular weight is 361 g/mol. The molecule has 0 aromatic carbocycles. The Morgan fingerprint density at radius 2 is 2.35 bits per heavy atom. The first kappa shape index (κ1) is 15.3. The fraction of sp³-hybridized carbons (Fsp3) is 0.462. The molecule has 0 saturated heterocycles. The van der Waals surface area contributed by atoms with E-state index in [0.717, 1.165) is 15.8 Å². The monoisotopic (exact) mass is 359 g/mol. The first-order chi connectivity index (χ1) is 9.58. The van der Waals surface area contributed by atoms with Gasteiger partial charge in [0.05, 0.1) is 6.61 Å². The van der Waals surface area contributed by atoms with Gasteiger partial charge in [0.25, 0.3) is 0 Å². The summed E-state index contributed by atoms with van der Waals surface area (Å²) in [6.07, 6.45) is 2.25. The van der Waals surface area contributed by atoms with Crippen LogP contribution in [0.4, 0.5) is 0 Å². The van der Waals surface area contributed by atoms with Crippen molar-refractivity contribution >= 4 is 44.7 Å². The number of imidazole rings is 1. The zero-order valence-electron chi connectivity index (χ0n) is 11.3. The summed E-state index contributed by atoms with van der Waals surface area (Å²) in [4.78, 5) is 20.8. The van der Waals surface area contributed by atoms with Crippen molar-refractivity contribution in [2.24, 2.45) is 0 Å². The Balaban J connectivity index is 2.53. The number of hydrogen-bond donors (Lipinski definition) is 0. The molecule has 1 unspecified atom stereocenters. The summed E-state index contributed by atoms with van der Waals surface area (Å²) in [5, 5.41) is 0. The van der Waals surface area contributed by atoms with Crippen molar-refractivity contribution in [2.75, 3.05) is 12.5 Å². The third-order valence-electron chi connectivity index (χ3n) is 2.90. The maximum atomic E-state index is 12.0. The van der Waals surface area contributed by atoms with Gasteiger partial charge in [0.1, 0.15) is 17.4 Å². The van der Waals surface area contributed by atoms with Crippen LogP contribution in [0.1, 0.15) is 25.7 Å². The number of alkyl halides is 1. The zero-order chi connectivity index (χ0) is 14.7. The summed E-state index contributed by atoms with van der Waals surface area (Å²) < 4.78 is 7.71. The minimum absolute atomic E-state index is 0.299. The Morgan fingerprint density at radius 3 is 3.00 bits per heavy atom. The van der Waals surface area contributed by atoms with E-state index in [1.807, 2.05) is 6.07 Å². The van der Waals surface area contributed by atoms with Gasteiger partial charge >= 0.3 is 5.97 Å². The van der Waals surface area contributed by atoms with E-state index in [0.29, 0.717) is 24.6 Å². The van der Waals surface area contributed by atoms with Crippen LogP contribution in [-0.2, 0) is 16.0 Å². The lowest BCUT2D eigenvalue weighted by molar-refractivity contribution is -0.146. The van der Waals surface area contributed by atoms with Crippen LogP contribution in [0.2, 0.25) is 0 Å². The summed E-state index contributed by atoms with van der Waals surface area (Å²) in [5.41, 5.74) is 1.39. The van der Waals surface area contributed by atoms with Crippen LogP contribution < -0.4 is 0 Å². The Kier molecular flexibility index (Phi) is 4.99. The number of carbonyl (C=O) groups excluding carboxylic acids is 1. The van der Waals surface area contributed by atoms with E-state index in [-0.39, 0.29) is 5.97 Å². The highest BCUT2D eigenvalue weighted by atomic mass is 79.9. The largest absolute Gasteiger partial charge is 0.464 e. The molecule has 0 aliphatic heterocycles. The predicted octanol–water partition coefficient (Wildman–Crippen LogP) is 3.10. The highest BCUT2D eigenvalue weighted by Crippen LogP contribution is 2.23. The molecule has 1 atom stereocenters. The number of carbonyl (C=O) groups is 1. The quantitative estimate of drug-likeness (QED) is 0.607. The van der Waals surface area contributed by atoms with E-state index in [1.165, 1.54) is 0 Å². The summed E-state index contributed by atoms with van der Waals surface area (Å²) in [7, 11) is 0. The van der Waals surface area contributed by atoms with E-state index < -0.39 is 6.04 Å². The van der Waals surface area contributed by atoms with Gasteiger partial charge in [-0.05, 0) is 35.8 Å². The number of pyridine rings is 1. The molecule has 0 saturated carbocycles. The summed E-state index contributed by atoms with van der Waals surface area (Å²) in [6, 6.07) is 1.39. The molecular formula is C13H15BrClN3O2. The maximum Gasteiger partial charge on any atom is 0.328 e. The molecule has 108 valence electrons. The van der Waals surface area contributed by atoms with Crippen molar-refractivity contribution < 1.29 is 9.53 Å². The molecule has 0 bridgehead atoms. The number of esters is 1. The first-order valence-electron chi connectivity index (χ1n) is 6.33. The molecular weight excluding hydrogens is 346 g/mol. The molecule has 2 rings (SSSR count). The van der Waals surface area contributed by atoms with Gasteiger partial charge in [0.15, 0.2) is 5.65 Å². The Hall–Kier alpha value is -1.14. The van der Waals surface area contributed by atoms with Gasteiger partial charge in [0.2, 0.25) is 0 Å². The molecule has 0 amide bonds. The van der Waals surface area contributed by atoms with Crippen molar-refractivity contribution in [3.8, 4) is 0 Å². The number of ether oxygens (including phenoxy) is 1. The second-order valence-electron chi connectivity index (χ2n) is 4.26. The van der Waals surface area contributed by atoms with Crippen LogP contribution >= 0.6 is 27.5 Å². The number of halogens is 2. The van der Waals surface area contributed by atoms with Gasteiger partial charge in [0, 0.05) is 23.0 Å². The average Bonchev–Trinajstić information content (AvgIpc) is 2.75. The van der Waals surface area contributed by atoms with Crippen LogP contribution in [-0.4, -0.2) is 33.0 Å². The van der Waals surface area contributed by atoms with Crippen LogP contribution in [0.3, 0.4) is 0 Å². The molecule has 2 aromatic heterocycles. The fourth-order valence-corrected chi connectivity index (χ4v) is 2.53. The van der Waals surface area contributed by atoms with Crippen LogP contribution in [0.25, 0.3) is 11.2 Å². The van der Waals surface area contributed by atoms with Crippen molar-refractivity contribution in [3.05, 3.63) is 22.6 Å². The lowest BCUT2D eigenvalue weighted by Gasteiger charge is -2.15. The normalized spacial score (nSPS) is 12.6. The molecule has 0 aliphatic carbocycles. The minimum Gasteiger partial charge on any atom is -0.464 e. The smallest absolute Gasteiger partial charge is 0.328 e. The van der Waals surface area contributed by atoms with Gasteiger partial charge in [-0.3, -0.25) is 4.57 Å². The van der Waals surface area contributed by atoms with Gasteiger partial charge in [-0.25, -0.2) is 14.8 Å². The number of fused-ring (bicyclic) bond motifs is 1. The molecule has 0 radical (unpaired) electrons. The second-order valence-corrected chi connectivity index (χ2v) is 5.55. The van der Waals surface area contributed by atoms with Crippen LogP contribution in [0.5, 0.6) is 0 Å². The molecule has 0 aliphatic rings. The molecule has 2 aromatic rings. The van der Waals surface area contributed by atoms with E-state index in [2.05, 4.69) is 25.9 Å². The number of aromatic nitrogens is 3. The highest BCUT2D eigenvalue weighted by Gasteiger charge is 2.23. The minimum atomic E-state index is -0.480.